The average Bonchev–Trinajstić information content (AvgIpc) is 2.46. The molecule has 0 amide bonds. The van der Waals surface area contributed by atoms with E-state index < -0.39 is 5.97 Å². The van der Waals surface area contributed by atoms with E-state index in [1.165, 1.54) is 12.1 Å². The molecule has 0 heterocycles. The number of carboxylic acids is 1. The van der Waals surface area contributed by atoms with Crippen LogP contribution in [0.5, 0.6) is 5.75 Å². The van der Waals surface area contributed by atoms with Crippen molar-refractivity contribution < 1.29 is 19.4 Å². The number of ether oxygens (including phenoxy) is 1. The van der Waals surface area contributed by atoms with Crippen molar-refractivity contribution in [2.24, 2.45) is 0 Å². The molecule has 102 valence electrons. The molecule has 0 fully saturated rings. The summed E-state index contributed by atoms with van der Waals surface area (Å²) in [6, 6.07) is 12.2. The van der Waals surface area contributed by atoms with Crippen LogP contribution in [0.25, 0.3) is 0 Å². The van der Waals surface area contributed by atoms with E-state index in [1.807, 2.05) is 30.3 Å². The molecule has 2 rings (SSSR count). The number of aldehydes is 1. The Morgan fingerprint density at radius 3 is 2.55 bits per heavy atom. The van der Waals surface area contributed by atoms with Gasteiger partial charge in [0.15, 0.2) is 6.29 Å². The summed E-state index contributed by atoms with van der Waals surface area (Å²) >= 11 is 3.23. The molecule has 2 aromatic carbocycles. The molecule has 0 aliphatic heterocycles. The summed E-state index contributed by atoms with van der Waals surface area (Å²) in [5, 5.41) is 8.95. The molecule has 4 nitrogen and oxygen atoms in total. The van der Waals surface area contributed by atoms with Crippen molar-refractivity contribution >= 4 is 28.2 Å². The van der Waals surface area contributed by atoms with E-state index in [0.29, 0.717) is 23.1 Å². The second-order valence-corrected chi connectivity index (χ2v) is 4.93. The normalized spacial score (nSPS) is 10.1. The Bertz CT molecular complexity index is 638. The van der Waals surface area contributed by atoms with Gasteiger partial charge in [-0.1, -0.05) is 30.3 Å². The maximum atomic E-state index is 11.1. The summed E-state index contributed by atoms with van der Waals surface area (Å²) in [5.74, 6) is -0.753. The summed E-state index contributed by atoms with van der Waals surface area (Å²) in [5.41, 5.74) is 1.19. The van der Waals surface area contributed by atoms with Gasteiger partial charge in [-0.3, -0.25) is 4.79 Å². The Labute approximate surface area is 124 Å². The van der Waals surface area contributed by atoms with Crippen LogP contribution in [-0.4, -0.2) is 17.4 Å². The summed E-state index contributed by atoms with van der Waals surface area (Å²) in [6.07, 6.45) is 0.581. The quantitative estimate of drug-likeness (QED) is 0.849. The SMILES string of the molecule is O=Cc1cc(C(=O)O)cc(Br)c1OCc1ccccc1. The molecule has 5 heteroatoms. The monoisotopic (exact) mass is 334 g/mol. The first-order valence-corrected chi connectivity index (χ1v) is 6.60. The zero-order valence-corrected chi connectivity index (χ0v) is 12.0. The summed E-state index contributed by atoms with van der Waals surface area (Å²) in [6.45, 7) is 0.298. The Kier molecular flexibility index (Phi) is 4.53. The van der Waals surface area contributed by atoms with Crippen LogP contribution >= 0.6 is 15.9 Å². The van der Waals surface area contributed by atoms with Crippen LogP contribution in [-0.2, 0) is 6.61 Å². The smallest absolute Gasteiger partial charge is 0.335 e. The zero-order chi connectivity index (χ0) is 14.5. The van der Waals surface area contributed by atoms with Crippen LogP contribution in [0.1, 0.15) is 26.3 Å². The summed E-state index contributed by atoms with van der Waals surface area (Å²) < 4.78 is 6.05. The van der Waals surface area contributed by atoms with Gasteiger partial charge in [0, 0.05) is 0 Å². The van der Waals surface area contributed by atoms with Gasteiger partial charge in [0.2, 0.25) is 0 Å². The van der Waals surface area contributed by atoms with E-state index >= 15 is 0 Å². The first-order chi connectivity index (χ1) is 9.61. The van der Waals surface area contributed by atoms with E-state index in [1.54, 1.807) is 0 Å². The number of benzene rings is 2. The Morgan fingerprint density at radius 2 is 1.95 bits per heavy atom. The van der Waals surface area contributed by atoms with E-state index in [-0.39, 0.29) is 11.1 Å². The minimum Gasteiger partial charge on any atom is -0.487 e. The largest absolute Gasteiger partial charge is 0.487 e. The lowest BCUT2D eigenvalue weighted by Gasteiger charge is -2.11. The van der Waals surface area contributed by atoms with Gasteiger partial charge < -0.3 is 9.84 Å². The number of carboxylic acid groups (broad SMARTS) is 1. The van der Waals surface area contributed by atoms with E-state index in [9.17, 15) is 9.59 Å². The highest BCUT2D eigenvalue weighted by molar-refractivity contribution is 9.10. The molecule has 0 unspecified atom stereocenters. The molecule has 0 spiro atoms. The Hall–Kier alpha value is -2.14. The van der Waals surface area contributed by atoms with Gasteiger partial charge in [-0.05, 0) is 33.6 Å². The molecule has 0 saturated heterocycles. The third-order valence-electron chi connectivity index (χ3n) is 2.67. The van der Waals surface area contributed by atoms with Gasteiger partial charge >= 0.3 is 5.97 Å². The second-order valence-electron chi connectivity index (χ2n) is 4.07. The highest BCUT2D eigenvalue weighted by atomic mass is 79.9. The van der Waals surface area contributed by atoms with Crippen molar-refractivity contribution in [2.45, 2.75) is 6.61 Å². The molecule has 1 N–H and O–H groups in total. The van der Waals surface area contributed by atoms with Gasteiger partial charge in [-0.25, -0.2) is 4.79 Å². The number of hydrogen-bond donors (Lipinski definition) is 1. The average molecular weight is 335 g/mol. The molecular weight excluding hydrogens is 324 g/mol. The van der Waals surface area contributed by atoms with Crippen molar-refractivity contribution in [3.8, 4) is 5.75 Å². The molecule has 2 aromatic rings. The molecule has 20 heavy (non-hydrogen) atoms. The Morgan fingerprint density at radius 1 is 1.25 bits per heavy atom. The first kappa shape index (κ1) is 14.3. The van der Waals surface area contributed by atoms with E-state index in [4.69, 9.17) is 9.84 Å². The summed E-state index contributed by atoms with van der Waals surface area (Å²) in [4.78, 5) is 22.0. The van der Waals surface area contributed by atoms with Gasteiger partial charge in [0.25, 0.3) is 0 Å². The lowest BCUT2D eigenvalue weighted by Crippen LogP contribution is -2.03. The zero-order valence-electron chi connectivity index (χ0n) is 10.4. The molecule has 0 atom stereocenters. The molecular formula is C15H11BrO4. The molecule has 0 bridgehead atoms. The molecule has 0 saturated carbocycles. The van der Waals surface area contributed by atoms with Gasteiger partial charge in [-0.15, -0.1) is 0 Å². The van der Waals surface area contributed by atoms with Crippen LogP contribution in [0.3, 0.4) is 0 Å². The van der Waals surface area contributed by atoms with Gasteiger partial charge in [0.05, 0.1) is 15.6 Å². The number of carbonyl (C=O) groups is 2. The fraction of sp³-hybridized carbons (Fsp3) is 0.0667. The highest BCUT2D eigenvalue weighted by Crippen LogP contribution is 2.30. The van der Waals surface area contributed by atoms with E-state index in [0.717, 1.165) is 5.56 Å². The number of halogens is 1. The van der Waals surface area contributed by atoms with Crippen LogP contribution in [0.15, 0.2) is 46.9 Å². The first-order valence-electron chi connectivity index (χ1n) is 5.80. The van der Waals surface area contributed by atoms with Crippen molar-refractivity contribution in [3.63, 3.8) is 0 Å². The lowest BCUT2D eigenvalue weighted by atomic mass is 10.1. The highest BCUT2D eigenvalue weighted by Gasteiger charge is 2.14. The van der Waals surface area contributed by atoms with Crippen molar-refractivity contribution in [2.75, 3.05) is 0 Å². The van der Waals surface area contributed by atoms with Crippen molar-refractivity contribution in [1.29, 1.82) is 0 Å². The number of hydrogen-bond acceptors (Lipinski definition) is 3. The van der Waals surface area contributed by atoms with Crippen LogP contribution in [0, 0.1) is 0 Å². The number of rotatable bonds is 5. The third-order valence-corrected chi connectivity index (χ3v) is 3.26. The van der Waals surface area contributed by atoms with Crippen LogP contribution in [0.4, 0.5) is 0 Å². The standard InChI is InChI=1S/C15H11BrO4/c16-13-7-11(15(18)19)6-12(8-17)14(13)20-9-10-4-2-1-3-5-10/h1-8H,9H2,(H,18,19). The second kappa shape index (κ2) is 6.34. The fourth-order valence-electron chi connectivity index (χ4n) is 1.71. The topological polar surface area (TPSA) is 63.6 Å². The minimum atomic E-state index is -1.09. The van der Waals surface area contributed by atoms with Crippen molar-refractivity contribution in [3.05, 3.63) is 63.6 Å². The lowest BCUT2D eigenvalue weighted by molar-refractivity contribution is 0.0696. The maximum absolute atomic E-state index is 11.1. The fourth-order valence-corrected chi connectivity index (χ4v) is 2.30. The molecule has 0 aliphatic rings. The van der Waals surface area contributed by atoms with Crippen LogP contribution < -0.4 is 4.74 Å². The summed E-state index contributed by atoms with van der Waals surface area (Å²) in [7, 11) is 0. The molecule has 0 aliphatic carbocycles. The van der Waals surface area contributed by atoms with Gasteiger partial charge in [0.1, 0.15) is 12.4 Å². The van der Waals surface area contributed by atoms with E-state index in [2.05, 4.69) is 15.9 Å². The van der Waals surface area contributed by atoms with Crippen molar-refractivity contribution in [1.82, 2.24) is 0 Å². The minimum absolute atomic E-state index is 0.0334. The molecule has 0 aromatic heterocycles. The predicted molar refractivity (Wildman–Crippen MR) is 77.3 cm³/mol. The van der Waals surface area contributed by atoms with Crippen LogP contribution in [0.2, 0.25) is 0 Å². The maximum Gasteiger partial charge on any atom is 0.335 e. The third kappa shape index (κ3) is 3.24. The Balaban J connectivity index is 2.27. The molecule has 0 radical (unpaired) electrons. The number of aromatic carboxylic acids is 1. The van der Waals surface area contributed by atoms with Gasteiger partial charge in [-0.2, -0.15) is 0 Å². The number of carbonyl (C=O) groups excluding carboxylic acids is 1. The predicted octanol–water partition coefficient (Wildman–Crippen LogP) is 3.54.